The van der Waals surface area contributed by atoms with E-state index in [1.165, 1.54) is 4.57 Å². The minimum Gasteiger partial charge on any atom is -0.425 e. The molecule has 0 aliphatic heterocycles. The van der Waals surface area contributed by atoms with Crippen LogP contribution in [0.1, 0.15) is 11.1 Å². The third-order valence-electron chi connectivity index (χ3n) is 4.94. The van der Waals surface area contributed by atoms with Crippen LogP contribution >= 0.6 is 23.2 Å². The maximum Gasteiger partial charge on any atom is 0.332 e. The van der Waals surface area contributed by atoms with E-state index in [9.17, 15) is 9.59 Å². The number of aryl methyl sites for hydroxylation is 3. The number of aromatic nitrogens is 4. The van der Waals surface area contributed by atoms with Crippen molar-refractivity contribution in [2.24, 2.45) is 14.1 Å². The molecule has 0 radical (unpaired) electrons. The molecule has 7 nitrogen and oxygen atoms in total. The average molecular weight is 445 g/mol. The molecule has 0 saturated heterocycles. The molecular formula is C21H18Cl2N4O3. The van der Waals surface area contributed by atoms with Gasteiger partial charge in [0.05, 0.1) is 16.6 Å². The van der Waals surface area contributed by atoms with E-state index < -0.39 is 11.2 Å². The Kier molecular flexibility index (Phi) is 5.17. The zero-order valence-corrected chi connectivity index (χ0v) is 18.0. The maximum absolute atomic E-state index is 13.2. The predicted molar refractivity (Wildman–Crippen MR) is 117 cm³/mol. The Hall–Kier alpha value is -3.03. The fraction of sp³-hybridized carbons (Fsp3) is 0.190. The first-order valence-corrected chi connectivity index (χ1v) is 9.87. The topological polar surface area (TPSA) is 71.1 Å². The van der Waals surface area contributed by atoms with Crippen LogP contribution in [0.5, 0.6) is 11.8 Å². The fourth-order valence-corrected chi connectivity index (χ4v) is 3.56. The van der Waals surface area contributed by atoms with Crippen molar-refractivity contribution in [1.29, 1.82) is 0 Å². The first-order valence-electron chi connectivity index (χ1n) is 9.11. The summed E-state index contributed by atoms with van der Waals surface area (Å²) in [5.74, 6) is 0.622. The predicted octanol–water partition coefficient (Wildman–Crippen LogP) is 3.89. The highest BCUT2D eigenvalue weighted by molar-refractivity contribution is 6.42. The summed E-state index contributed by atoms with van der Waals surface area (Å²) in [6.07, 6.45) is 0. The van der Waals surface area contributed by atoms with Gasteiger partial charge in [-0.1, -0.05) is 47.5 Å². The molecular weight excluding hydrogens is 427 g/mol. The van der Waals surface area contributed by atoms with E-state index in [0.29, 0.717) is 21.4 Å². The standard InChI is InChI=1S/C21H18Cl2N4O3/c1-12-6-4-5-7-16(12)30-20-24-18-17(25(20)2)19(28)27(21(29)26(18)3)11-13-8-9-14(22)15(23)10-13/h4-10H,11H2,1-3H3. The molecule has 0 atom stereocenters. The molecule has 2 aromatic carbocycles. The third kappa shape index (κ3) is 3.40. The fourth-order valence-electron chi connectivity index (χ4n) is 3.24. The molecule has 0 N–H and O–H groups in total. The summed E-state index contributed by atoms with van der Waals surface area (Å²) >= 11 is 12.0. The van der Waals surface area contributed by atoms with Gasteiger partial charge in [-0.15, -0.1) is 0 Å². The number of imidazole rings is 1. The lowest BCUT2D eigenvalue weighted by molar-refractivity contribution is 0.424. The van der Waals surface area contributed by atoms with Crippen molar-refractivity contribution in [3.8, 4) is 11.8 Å². The van der Waals surface area contributed by atoms with Crippen LogP contribution in [0.25, 0.3) is 11.2 Å². The van der Waals surface area contributed by atoms with Gasteiger partial charge in [0, 0.05) is 14.1 Å². The lowest BCUT2D eigenvalue weighted by Gasteiger charge is -2.09. The largest absolute Gasteiger partial charge is 0.425 e. The van der Waals surface area contributed by atoms with Gasteiger partial charge in [-0.25, -0.2) is 4.79 Å². The van der Waals surface area contributed by atoms with Crippen LogP contribution in [-0.4, -0.2) is 18.7 Å². The number of halogens is 2. The van der Waals surface area contributed by atoms with E-state index in [1.54, 1.807) is 36.9 Å². The van der Waals surface area contributed by atoms with Crippen LogP contribution in [0.3, 0.4) is 0 Å². The highest BCUT2D eigenvalue weighted by Gasteiger charge is 2.20. The lowest BCUT2D eigenvalue weighted by Crippen LogP contribution is -2.39. The van der Waals surface area contributed by atoms with Crippen molar-refractivity contribution in [3.63, 3.8) is 0 Å². The number of para-hydroxylation sites is 1. The molecule has 0 bridgehead atoms. The Labute approximate surface area is 181 Å². The smallest absolute Gasteiger partial charge is 0.332 e. The van der Waals surface area contributed by atoms with Crippen molar-refractivity contribution < 1.29 is 4.74 Å². The number of fused-ring (bicyclic) bond motifs is 1. The van der Waals surface area contributed by atoms with Gasteiger partial charge in [-0.05, 0) is 36.2 Å². The van der Waals surface area contributed by atoms with E-state index in [0.717, 1.165) is 10.1 Å². The van der Waals surface area contributed by atoms with Crippen LogP contribution in [0.4, 0.5) is 0 Å². The highest BCUT2D eigenvalue weighted by atomic mass is 35.5. The molecule has 0 unspecified atom stereocenters. The van der Waals surface area contributed by atoms with Gasteiger partial charge in [0.1, 0.15) is 5.75 Å². The minimum atomic E-state index is -0.487. The first kappa shape index (κ1) is 20.3. The van der Waals surface area contributed by atoms with Gasteiger partial charge < -0.3 is 4.74 Å². The van der Waals surface area contributed by atoms with Crippen molar-refractivity contribution in [3.05, 3.63) is 84.5 Å². The third-order valence-corrected chi connectivity index (χ3v) is 5.68. The van der Waals surface area contributed by atoms with Crippen molar-refractivity contribution in [2.75, 3.05) is 0 Å². The average Bonchev–Trinajstić information content (AvgIpc) is 3.04. The van der Waals surface area contributed by atoms with Crippen molar-refractivity contribution >= 4 is 34.4 Å². The van der Waals surface area contributed by atoms with Crippen molar-refractivity contribution in [1.82, 2.24) is 18.7 Å². The summed E-state index contributed by atoms with van der Waals surface area (Å²) in [4.78, 5) is 30.5. The molecule has 30 heavy (non-hydrogen) atoms. The minimum absolute atomic E-state index is 0.0531. The Morgan fingerprint density at radius 3 is 2.43 bits per heavy atom. The van der Waals surface area contributed by atoms with E-state index in [2.05, 4.69) is 4.98 Å². The number of rotatable bonds is 4. The number of benzene rings is 2. The Bertz CT molecular complexity index is 1400. The second kappa shape index (κ2) is 7.66. The summed E-state index contributed by atoms with van der Waals surface area (Å²) in [5, 5.41) is 0.760. The summed E-state index contributed by atoms with van der Waals surface area (Å²) in [6, 6.07) is 12.7. The Morgan fingerprint density at radius 2 is 1.73 bits per heavy atom. The molecule has 154 valence electrons. The zero-order valence-electron chi connectivity index (χ0n) is 16.5. The Balaban J connectivity index is 1.85. The second-order valence-electron chi connectivity index (χ2n) is 6.97. The lowest BCUT2D eigenvalue weighted by atomic mass is 10.2. The van der Waals surface area contributed by atoms with Gasteiger partial charge in [0.15, 0.2) is 11.2 Å². The number of ether oxygens (including phenoxy) is 1. The quantitative estimate of drug-likeness (QED) is 0.478. The second-order valence-corrected chi connectivity index (χ2v) is 7.79. The Morgan fingerprint density at radius 1 is 1.00 bits per heavy atom. The molecule has 0 aliphatic carbocycles. The molecule has 0 saturated carbocycles. The molecule has 0 aliphatic rings. The maximum atomic E-state index is 13.2. The van der Waals surface area contributed by atoms with Crippen LogP contribution in [0, 0.1) is 6.92 Å². The van der Waals surface area contributed by atoms with Gasteiger partial charge in [0.2, 0.25) is 0 Å². The van der Waals surface area contributed by atoms with Crippen LogP contribution in [-0.2, 0) is 20.6 Å². The summed E-state index contributed by atoms with van der Waals surface area (Å²) in [7, 11) is 3.25. The van der Waals surface area contributed by atoms with E-state index in [-0.39, 0.29) is 23.7 Å². The normalized spacial score (nSPS) is 11.2. The number of hydrogen-bond acceptors (Lipinski definition) is 4. The van der Waals surface area contributed by atoms with Crippen LogP contribution in [0.2, 0.25) is 10.0 Å². The van der Waals surface area contributed by atoms with Gasteiger partial charge in [0.25, 0.3) is 5.56 Å². The van der Waals surface area contributed by atoms with Crippen molar-refractivity contribution in [2.45, 2.75) is 13.5 Å². The molecule has 0 amide bonds. The highest BCUT2D eigenvalue weighted by Crippen LogP contribution is 2.26. The number of hydrogen-bond donors (Lipinski definition) is 0. The molecule has 9 heteroatoms. The van der Waals surface area contributed by atoms with Gasteiger partial charge >= 0.3 is 11.7 Å². The zero-order chi connectivity index (χ0) is 21.6. The number of nitrogens with zero attached hydrogens (tertiary/aromatic N) is 4. The summed E-state index contributed by atoms with van der Waals surface area (Å²) < 4.78 is 9.94. The molecule has 0 fully saturated rings. The van der Waals surface area contributed by atoms with E-state index in [4.69, 9.17) is 27.9 Å². The van der Waals surface area contributed by atoms with E-state index in [1.807, 2.05) is 31.2 Å². The molecule has 4 aromatic rings. The van der Waals surface area contributed by atoms with E-state index >= 15 is 0 Å². The summed E-state index contributed by atoms with van der Waals surface area (Å²) in [6.45, 7) is 1.97. The molecule has 2 heterocycles. The van der Waals surface area contributed by atoms with Gasteiger partial charge in [-0.2, -0.15) is 4.98 Å². The van der Waals surface area contributed by atoms with Crippen LogP contribution < -0.4 is 16.0 Å². The summed E-state index contributed by atoms with van der Waals surface area (Å²) in [5.41, 5.74) is 1.17. The SMILES string of the molecule is Cc1ccccc1Oc1nc2c(c(=O)n(Cc3ccc(Cl)c(Cl)c3)c(=O)n2C)n1C. The molecule has 2 aromatic heterocycles. The first-order chi connectivity index (χ1) is 14.3. The molecule has 0 spiro atoms. The molecule has 4 rings (SSSR count). The monoisotopic (exact) mass is 444 g/mol. The van der Waals surface area contributed by atoms with Gasteiger partial charge in [-0.3, -0.25) is 18.5 Å². The van der Waals surface area contributed by atoms with Crippen LogP contribution in [0.15, 0.2) is 52.1 Å².